The highest BCUT2D eigenvalue weighted by Crippen LogP contribution is 2.42. The Labute approximate surface area is 183 Å². The molecule has 0 radical (unpaired) electrons. The lowest BCUT2D eigenvalue weighted by Crippen LogP contribution is -2.22. The number of hydrogen-bond acceptors (Lipinski definition) is 3. The molecule has 1 aromatic carbocycles. The van der Waals surface area contributed by atoms with Crippen molar-refractivity contribution >= 4 is 39.3 Å². The average Bonchev–Trinajstić information content (AvgIpc) is 3.33. The van der Waals surface area contributed by atoms with Crippen molar-refractivity contribution < 1.29 is 18.0 Å². The Bertz CT molecular complexity index is 1090. The highest BCUT2D eigenvalue weighted by molar-refractivity contribution is 9.10. The van der Waals surface area contributed by atoms with Gasteiger partial charge >= 0.3 is 6.18 Å². The molecule has 4 rings (SSSR count). The van der Waals surface area contributed by atoms with Crippen LogP contribution < -0.4 is 5.32 Å². The minimum Gasteiger partial charge on any atom is -0.307 e. The first-order chi connectivity index (χ1) is 14.2. The average molecular weight is 503 g/mol. The summed E-state index contributed by atoms with van der Waals surface area (Å²) in [6, 6.07) is 8.35. The Kier molecular flexibility index (Phi) is 5.63. The van der Waals surface area contributed by atoms with E-state index in [1.165, 1.54) is 0 Å². The van der Waals surface area contributed by atoms with E-state index < -0.39 is 17.8 Å². The molecule has 1 saturated carbocycles. The zero-order valence-corrected chi connectivity index (χ0v) is 17.8. The van der Waals surface area contributed by atoms with Crippen molar-refractivity contribution in [1.82, 2.24) is 19.6 Å². The number of rotatable bonds is 6. The minimum absolute atomic E-state index is 0.0166. The van der Waals surface area contributed by atoms with E-state index in [0.717, 1.165) is 29.2 Å². The van der Waals surface area contributed by atoms with E-state index in [1.807, 2.05) is 18.2 Å². The summed E-state index contributed by atoms with van der Waals surface area (Å²) in [5.74, 6) is -0.233. The van der Waals surface area contributed by atoms with Crippen molar-refractivity contribution in [3.05, 3.63) is 63.0 Å². The second-order valence-corrected chi connectivity index (χ2v) is 8.31. The lowest BCUT2D eigenvalue weighted by atomic mass is 10.2. The van der Waals surface area contributed by atoms with Gasteiger partial charge in [-0.25, -0.2) is 0 Å². The largest absolute Gasteiger partial charge is 0.435 e. The molecule has 1 fully saturated rings. The number of halogens is 5. The van der Waals surface area contributed by atoms with Crippen LogP contribution in [0.5, 0.6) is 0 Å². The molecule has 0 unspecified atom stereocenters. The van der Waals surface area contributed by atoms with Crippen LogP contribution in [0.25, 0.3) is 0 Å². The summed E-state index contributed by atoms with van der Waals surface area (Å²) in [6.07, 6.45) is -1.28. The second kappa shape index (κ2) is 8.07. The number of anilines is 1. The third kappa shape index (κ3) is 4.70. The number of aromatic nitrogens is 4. The number of amides is 1. The maximum absolute atomic E-state index is 13.0. The Morgan fingerprint density at radius 1 is 1.27 bits per heavy atom. The second-order valence-electron chi connectivity index (χ2n) is 7.05. The van der Waals surface area contributed by atoms with Crippen molar-refractivity contribution in [3.63, 3.8) is 0 Å². The molecule has 1 aliphatic rings. The SMILES string of the molecule is O=C(Cn1nc(C(F)(F)F)cc1C1CC1)Nc1nn(Cc2ccccc2Cl)cc1Br. The smallest absolute Gasteiger partial charge is 0.307 e. The molecule has 1 amide bonds. The van der Waals surface area contributed by atoms with Crippen molar-refractivity contribution in [2.75, 3.05) is 5.32 Å². The predicted molar refractivity (Wildman–Crippen MR) is 108 cm³/mol. The molecule has 0 atom stereocenters. The van der Waals surface area contributed by atoms with Gasteiger partial charge in [0.25, 0.3) is 0 Å². The number of nitrogens with zero attached hydrogens (tertiary/aromatic N) is 4. The standard InChI is InChI=1S/C19H16BrClF3N5O/c20-13-9-28(8-12-3-1-2-4-14(12)21)27-18(13)25-17(30)10-29-15(11-5-6-11)7-16(26-29)19(22,23)24/h1-4,7,9,11H,5-6,8,10H2,(H,25,27,30). The monoisotopic (exact) mass is 501 g/mol. The summed E-state index contributed by atoms with van der Waals surface area (Å²) in [7, 11) is 0. The number of carbonyl (C=O) groups is 1. The molecule has 158 valence electrons. The van der Waals surface area contributed by atoms with E-state index in [9.17, 15) is 18.0 Å². The molecule has 3 aromatic rings. The minimum atomic E-state index is -4.55. The van der Waals surface area contributed by atoms with E-state index in [1.54, 1.807) is 16.9 Å². The van der Waals surface area contributed by atoms with Crippen molar-refractivity contribution in [2.24, 2.45) is 0 Å². The summed E-state index contributed by atoms with van der Waals surface area (Å²) >= 11 is 9.50. The van der Waals surface area contributed by atoms with Crippen LogP contribution in [0.4, 0.5) is 19.0 Å². The van der Waals surface area contributed by atoms with Crippen LogP contribution in [0, 0.1) is 0 Å². The first kappa shape index (κ1) is 20.9. The van der Waals surface area contributed by atoms with E-state index >= 15 is 0 Å². The zero-order valence-electron chi connectivity index (χ0n) is 15.5. The van der Waals surface area contributed by atoms with Gasteiger partial charge in [0, 0.05) is 22.8 Å². The zero-order chi connectivity index (χ0) is 21.5. The lowest BCUT2D eigenvalue weighted by Gasteiger charge is -2.07. The Balaban J connectivity index is 1.47. The highest BCUT2D eigenvalue weighted by Gasteiger charge is 2.38. The lowest BCUT2D eigenvalue weighted by molar-refractivity contribution is -0.141. The third-order valence-corrected chi connectivity index (χ3v) is 5.60. The van der Waals surface area contributed by atoms with Crippen molar-refractivity contribution in [1.29, 1.82) is 0 Å². The molecule has 0 spiro atoms. The number of nitrogens with one attached hydrogen (secondary N) is 1. The Morgan fingerprint density at radius 3 is 2.67 bits per heavy atom. The first-order valence-electron chi connectivity index (χ1n) is 9.12. The summed E-state index contributed by atoms with van der Waals surface area (Å²) < 4.78 is 42.3. The maximum atomic E-state index is 13.0. The Morgan fingerprint density at radius 2 is 2.00 bits per heavy atom. The maximum Gasteiger partial charge on any atom is 0.435 e. The third-order valence-electron chi connectivity index (χ3n) is 4.66. The molecule has 0 saturated heterocycles. The molecule has 0 aliphatic heterocycles. The van der Waals surface area contributed by atoms with Crippen molar-refractivity contribution in [2.45, 2.75) is 38.0 Å². The summed E-state index contributed by atoms with van der Waals surface area (Å²) in [4.78, 5) is 12.5. The molecule has 2 aromatic heterocycles. The van der Waals surface area contributed by atoms with E-state index in [-0.39, 0.29) is 18.3 Å². The molecule has 30 heavy (non-hydrogen) atoms. The van der Waals surface area contributed by atoms with Crippen LogP contribution in [-0.2, 0) is 24.1 Å². The van der Waals surface area contributed by atoms with Crippen LogP contribution in [0.2, 0.25) is 5.02 Å². The number of carbonyl (C=O) groups excluding carboxylic acids is 1. The van der Waals surface area contributed by atoms with Gasteiger partial charge in [0.15, 0.2) is 11.5 Å². The summed E-state index contributed by atoms with van der Waals surface area (Å²) in [6.45, 7) is 0.0692. The molecule has 2 heterocycles. The predicted octanol–water partition coefficient (Wildman–Crippen LogP) is 5.08. The van der Waals surface area contributed by atoms with E-state index in [2.05, 4.69) is 31.4 Å². The Hall–Kier alpha value is -2.33. The van der Waals surface area contributed by atoms with Crippen LogP contribution in [0.3, 0.4) is 0 Å². The molecular weight excluding hydrogens is 487 g/mol. The number of hydrogen-bond donors (Lipinski definition) is 1. The van der Waals surface area contributed by atoms with Gasteiger partial charge in [-0.3, -0.25) is 14.2 Å². The quantitative estimate of drug-likeness (QED) is 0.511. The molecular formula is C19H16BrClF3N5O. The molecule has 0 bridgehead atoms. The van der Waals surface area contributed by atoms with Gasteiger partial charge in [-0.05, 0) is 46.5 Å². The van der Waals surface area contributed by atoms with E-state index in [0.29, 0.717) is 21.7 Å². The molecule has 1 N–H and O–H groups in total. The van der Waals surface area contributed by atoms with Crippen LogP contribution in [-0.4, -0.2) is 25.5 Å². The van der Waals surface area contributed by atoms with Crippen LogP contribution >= 0.6 is 27.5 Å². The van der Waals surface area contributed by atoms with Gasteiger partial charge in [-0.15, -0.1) is 0 Å². The van der Waals surface area contributed by atoms with Gasteiger partial charge in [0.1, 0.15) is 6.54 Å². The van der Waals surface area contributed by atoms with Gasteiger partial charge in [-0.1, -0.05) is 29.8 Å². The summed E-state index contributed by atoms with van der Waals surface area (Å²) in [5.41, 5.74) is 0.306. The number of alkyl halides is 3. The molecule has 1 aliphatic carbocycles. The van der Waals surface area contributed by atoms with Crippen molar-refractivity contribution in [3.8, 4) is 0 Å². The van der Waals surface area contributed by atoms with Gasteiger partial charge in [0.05, 0.1) is 11.0 Å². The van der Waals surface area contributed by atoms with Gasteiger partial charge < -0.3 is 5.32 Å². The van der Waals surface area contributed by atoms with Gasteiger partial charge in [0.2, 0.25) is 5.91 Å². The molecule has 11 heteroatoms. The fourth-order valence-corrected chi connectivity index (χ4v) is 3.69. The highest BCUT2D eigenvalue weighted by atomic mass is 79.9. The first-order valence-corrected chi connectivity index (χ1v) is 10.3. The number of benzene rings is 1. The van der Waals surface area contributed by atoms with Crippen LogP contribution in [0.1, 0.15) is 35.7 Å². The topological polar surface area (TPSA) is 64.7 Å². The fourth-order valence-electron chi connectivity index (χ4n) is 3.08. The van der Waals surface area contributed by atoms with E-state index in [4.69, 9.17) is 11.6 Å². The normalized spacial score (nSPS) is 14.2. The van der Waals surface area contributed by atoms with Crippen LogP contribution in [0.15, 0.2) is 41.0 Å². The van der Waals surface area contributed by atoms with Gasteiger partial charge in [-0.2, -0.15) is 23.4 Å². The summed E-state index contributed by atoms with van der Waals surface area (Å²) in [5, 5.41) is 11.1. The fraction of sp³-hybridized carbons (Fsp3) is 0.316. The molecule has 6 nitrogen and oxygen atoms in total.